The molecule has 1 atom stereocenters. The molecule has 1 N–H and O–H groups in total. The molecule has 0 aliphatic rings. The first kappa shape index (κ1) is 16.0. The van der Waals surface area contributed by atoms with Gasteiger partial charge in [-0.25, -0.2) is 14.6 Å². The summed E-state index contributed by atoms with van der Waals surface area (Å²) in [5.41, 5.74) is -0.597. The van der Waals surface area contributed by atoms with Crippen LogP contribution >= 0.6 is 0 Å². The molecule has 2 heterocycles. The highest BCUT2D eigenvalue weighted by molar-refractivity contribution is 5.77. The predicted molar refractivity (Wildman–Crippen MR) is 81.4 cm³/mol. The van der Waals surface area contributed by atoms with E-state index in [1.165, 1.54) is 22.4 Å². The number of aromatic nitrogens is 4. The second-order valence-electron chi connectivity index (χ2n) is 5.85. The van der Waals surface area contributed by atoms with Gasteiger partial charge in [0.2, 0.25) is 0 Å². The van der Waals surface area contributed by atoms with E-state index < -0.39 is 23.3 Å². The maximum atomic E-state index is 12.7. The molecule has 0 aliphatic carbocycles. The average Bonchev–Trinajstić information content (AvgIpc) is 2.81. The van der Waals surface area contributed by atoms with Gasteiger partial charge in [-0.3, -0.25) is 13.9 Å². The molecule has 0 aromatic carbocycles. The molecule has 0 bridgehead atoms. The van der Waals surface area contributed by atoms with Crippen LogP contribution in [0.1, 0.15) is 52.7 Å². The molecule has 8 heteroatoms. The van der Waals surface area contributed by atoms with Crippen LogP contribution in [-0.2, 0) is 4.79 Å². The average molecular weight is 308 g/mol. The van der Waals surface area contributed by atoms with Gasteiger partial charge < -0.3 is 9.67 Å². The van der Waals surface area contributed by atoms with Crippen LogP contribution in [0.25, 0.3) is 11.2 Å². The largest absolute Gasteiger partial charge is 0.480 e. The second kappa shape index (κ2) is 5.43. The van der Waals surface area contributed by atoms with Crippen LogP contribution in [0.15, 0.2) is 15.9 Å². The Hall–Kier alpha value is -2.38. The molecular formula is C14H20N4O4. The van der Waals surface area contributed by atoms with Crippen LogP contribution in [-0.4, -0.2) is 29.8 Å². The Morgan fingerprint density at radius 1 is 1.09 bits per heavy atom. The zero-order valence-corrected chi connectivity index (χ0v) is 13.3. The molecule has 0 saturated carbocycles. The molecule has 0 amide bonds. The van der Waals surface area contributed by atoms with Gasteiger partial charge in [-0.2, -0.15) is 0 Å². The SMILES string of the molecule is CC(C)n1c(=O)c2c(ncn2C(C)C(=O)O)n(C(C)C)c1=O. The molecule has 8 nitrogen and oxygen atoms in total. The fourth-order valence-corrected chi connectivity index (χ4v) is 2.47. The number of carboxylic acids is 1. The molecule has 0 fully saturated rings. The fourth-order valence-electron chi connectivity index (χ4n) is 2.47. The highest BCUT2D eigenvalue weighted by Crippen LogP contribution is 2.17. The van der Waals surface area contributed by atoms with Crippen molar-refractivity contribution in [3.05, 3.63) is 27.2 Å². The first-order valence-corrected chi connectivity index (χ1v) is 7.14. The van der Waals surface area contributed by atoms with E-state index in [-0.39, 0.29) is 23.2 Å². The first-order chi connectivity index (χ1) is 10.2. The maximum absolute atomic E-state index is 12.7. The van der Waals surface area contributed by atoms with Crippen molar-refractivity contribution in [1.82, 2.24) is 18.7 Å². The summed E-state index contributed by atoms with van der Waals surface area (Å²) < 4.78 is 3.86. The molecule has 22 heavy (non-hydrogen) atoms. The number of nitrogens with zero attached hydrogens (tertiary/aromatic N) is 4. The number of carbonyl (C=O) groups is 1. The Kier molecular flexibility index (Phi) is 3.95. The minimum atomic E-state index is -1.07. The number of carboxylic acid groups (broad SMARTS) is 1. The summed E-state index contributed by atoms with van der Waals surface area (Å²) in [6.07, 6.45) is 1.30. The zero-order chi connectivity index (χ0) is 16.8. The lowest BCUT2D eigenvalue weighted by Gasteiger charge is -2.17. The first-order valence-electron chi connectivity index (χ1n) is 7.14. The third-order valence-corrected chi connectivity index (χ3v) is 3.64. The minimum Gasteiger partial charge on any atom is -0.480 e. The molecule has 2 rings (SSSR count). The van der Waals surface area contributed by atoms with Crippen LogP contribution in [0.2, 0.25) is 0 Å². The number of hydrogen-bond donors (Lipinski definition) is 1. The van der Waals surface area contributed by atoms with Gasteiger partial charge in [0.25, 0.3) is 5.56 Å². The van der Waals surface area contributed by atoms with E-state index in [0.29, 0.717) is 0 Å². The smallest absolute Gasteiger partial charge is 0.333 e. The van der Waals surface area contributed by atoms with Gasteiger partial charge in [0, 0.05) is 12.1 Å². The van der Waals surface area contributed by atoms with Crippen LogP contribution in [0, 0.1) is 0 Å². The summed E-state index contributed by atoms with van der Waals surface area (Å²) in [6.45, 7) is 8.57. The number of rotatable bonds is 4. The van der Waals surface area contributed by atoms with Crippen LogP contribution in [0.4, 0.5) is 0 Å². The van der Waals surface area contributed by atoms with Crippen LogP contribution in [0.5, 0.6) is 0 Å². The van der Waals surface area contributed by atoms with Gasteiger partial charge in [-0.05, 0) is 34.6 Å². The van der Waals surface area contributed by atoms with Crippen molar-refractivity contribution < 1.29 is 9.90 Å². The zero-order valence-electron chi connectivity index (χ0n) is 13.3. The third-order valence-electron chi connectivity index (χ3n) is 3.64. The Morgan fingerprint density at radius 2 is 1.64 bits per heavy atom. The van der Waals surface area contributed by atoms with Crippen molar-refractivity contribution in [3.8, 4) is 0 Å². The highest BCUT2D eigenvalue weighted by atomic mass is 16.4. The van der Waals surface area contributed by atoms with E-state index >= 15 is 0 Å². The lowest BCUT2D eigenvalue weighted by Crippen LogP contribution is -2.42. The lowest BCUT2D eigenvalue weighted by atomic mass is 10.3. The lowest BCUT2D eigenvalue weighted by molar-refractivity contribution is -0.140. The molecular weight excluding hydrogens is 288 g/mol. The summed E-state index contributed by atoms with van der Waals surface area (Å²) in [5.74, 6) is -1.07. The summed E-state index contributed by atoms with van der Waals surface area (Å²) >= 11 is 0. The van der Waals surface area contributed by atoms with E-state index in [1.54, 1.807) is 13.8 Å². The summed E-state index contributed by atoms with van der Waals surface area (Å²) in [5, 5.41) is 9.19. The standard InChI is InChI=1S/C14H20N4O4/c1-7(2)17-11-10(12(19)18(8(3)4)14(17)22)16(6-15-11)9(5)13(20)21/h6-9H,1-5H3,(H,20,21). The molecule has 0 radical (unpaired) electrons. The topological polar surface area (TPSA) is 99.1 Å². The molecule has 0 aliphatic heterocycles. The quantitative estimate of drug-likeness (QED) is 0.914. The number of imidazole rings is 1. The number of hydrogen-bond acceptors (Lipinski definition) is 4. The Morgan fingerprint density at radius 3 is 2.09 bits per heavy atom. The van der Waals surface area contributed by atoms with Gasteiger partial charge in [0.15, 0.2) is 11.2 Å². The van der Waals surface area contributed by atoms with Crippen molar-refractivity contribution in [2.75, 3.05) is 0 Å². The van der Waals surface area contributed by atoms with Crippen molar-refractivity contribution in [2.45, 2.75) is 52.7 Å². The van der Waals surface area contributed by atoms with E-state index in [0.717, 1.165) is 4.57 Å². The van der Waals surface area contributed by atoms with Gasteiger partial charge in [0.05, 0.1) is 6.33 Å². The van der Waals surface area contributed by atoms with Crippen LogP contribution in [0.3, 0.4) is 0 Å². The molecule has 0 spiro atoms. The van der Waals surface area contributed by atoms with E-state index in [2.05, 4.69) is 4.98 Å². The van der Waals surface area contributed by atoms with E-state index in [4.69, 9.17) is 0 Å². The monoisotopic (exact) mass is 308 g/mol. The molecule has 0 saturated heterocycles. The van der Waals surface area contributed by atoms with Gasteiger partial charge in [-0.1, -0.05) is 0 Å². The second-order valence-corrected chi connectivity index (χ2v) is 5.85. The minimum absolute atomic E-state index is 0.136. The normalized spacial score (nSPS) is 13.2. The predicted octanol–water partition coefficient (Wildman–Crippen LogP) is 1.17. The Labute approximate surface area is 126 Å². The number of aliphatic carboxylic acids is 1. The van der Waals surface area contributed by atoms with E-state index in [9.17, 15) is 19.5 Å². The molecule has 1 unspecified atom stereocenters. The van der Waals surface area contributed by atoms with Crippen molar-refractivity contribution in [1.29, 1.82) is 0 Å². The molecule has 2 aromatic heterocycles. The summed E-state index contributed by atoms with van der Waals surface area (Å²) in [4.78, 5) is 40.6. The molecule has 120 valence electrons. The third kappa shape index (κ3) is 2.24. The highest BCUT2D eigenvalue weighted by Gasteiger charge is 2.24. The maximum Gasteiger partial charge on any atom is 0.333 e. The van der Waals surface area contributed by atoms with Gasteiger partial charge in [-0.15, -0.1) is 0 Å². The molecule has 2 aromatic rings. The Bertz CT molecular complexity index is 841. The van der Waals surface area contributed by atoms with E-state index in [1.807, 2.05) is 13.8 Å². The van der Waals surface area contributed by atoms with Crippen molar-refractivity contribution in [3.63, 3.8) is 0 Å². The summed E-state index contributed by atoms with van der Waals surface area (Å²) in [7, 11) is 0. The van der Waals surface area contributed by atoms with Crippen molar-refractivity contribution in [2.24, 2.45) is 0 Å². The fraction of sp³-hybridized carbons (Fsp3) is 0.571. The van der Waals surface area contributed by atoms with Gasteiger partial charge in [0.1, 0.15) is 6.04 Å². The van der Waals surface area contributed by atoms with Gasteiger partial charge >= 0.3 is 11.7 Å². The summed E-state index contributed by atoms with van der Waals surface area (Å²) in [6, 6.07) is -1.49. The van der Waals surface area contributed by atoms with Crippen LogP contribution < -0.4 is 11.2 Å². The number of fused-ring (bicyclic) bond motifs is 1. The van der Waals surface area contributed by atoms with Crippen molar-refractivity contribution >= 4 is 17.1 Å². The Balaban J connectivity index is 3.02.